The number of benzene rings is 5. The van der Waals surface area contributed by atoms with E-state index >= 15 is 0 Å². The average molecular weight is 856 g/mol. The summed E-state index contributed by atoms with van der Waals surface area (Å²) in [5, 5.41) is 3.11. The molecular formula is C46H44F3N3O8S. The molecular weight excluding hydrogens is 812 g/mol. The summed E-state index contributed by atoms with van der Waals surface area (Å²) in [7, 11) is -2.83. The molecule has 0 radical (unpaired) electrons. The van der Waals surface area contributed by atoms with Crippen LogP contribution in [0.3, 0.4) is 0 Å². The molecule has 2 atom stereocenters. The zero-order chi connectivity index (χ0) is 42.8. The maximum Gasteiger partial charge on any atom is 0.416 e. The van der Waals surface area contributed by atoms with Crippen molar-refractivity contribution in [1.29, 1.82) is 0 Å². The van der Waals surface area contributed by atoms with Crippen molar-refractivity contribution in [3.8, 4) is 22.6 Å². The van der Waals surface area contributed by atoms with Gasteiger partial charge in [0.25, 0.3) is 0 Å². The van der Waals surface area contributed by atoms with Gasteiger partial charge in [0.05, 0.1) is 41.6 Å². The molecule has 0 aromatic heterocycles. The molecule has 61 heavy (non-hydrogen) atoms. The summed E-state index contributed by atoms with van der Waals surface area (Å²) < 4.78 is 93.4. The standard InChI is InChI=1S/C46H44F3N3O8S/c1-57-22-23-58-29-45(39-14-6-8-16-41(39)60-42-17-9-7-15-40(42)45)28-50-43(53)30-24-32(51-61(55,56)33-20-18-31(19-21-33)46(47,48)49)26-52(25-30)44(54)59-27-38-36-12-4-2-10-34(36)35-11-3-5-13-37(35)38/h2-21,30,32,38,51H,22-29H2,1H3,(H,50,53)/t30-,32+/m0/s1. The molecule has 2 amide bonds. The summed E-state index contributed by atoms with van der Waals surface area (Å²) in [6.07, 6.45) is -5.42. The number of carbonyl (C=O) groups is 2. The quantitative estimate of drug-likeness (QED) is 0.117. The van der Waals surface area contributed by atoms with Crippen molar-refractivity contribution in [3.63, 3.8) is 0 Å². The minimum atomic E-state index is -4.66. The number of methoxy groups -OCH3 is 1. The molecule has 2 N–H and O–H groups in total. The number of para-hydroxylation sites is 2. The van der Waals surface area contributed by atoms with E-state index in [0.717, 1.165) is 45.5 Å². The van der Waals surface area contributed by atoms with Crippen LogP contribution in [0.2, 0.25) is 0 Å². The minimum Gasteiger partial charge on any atom is -0.457 e. The van der Waals surface area contributed by atoms with Crippen LogP contribution in [-0.4, -0.2) is 84.5 Å². The van der Waals surface area contributed by atoms with Gasteiger partial charge in [-0.05, 0) is 65.1 Å². The second-order valence-electron chi connectivity index (χ2n) is 15.4. The summed E-state index contributed by atoms with van der Waals surface area (Å²) in [6.45, 7) is 0.592. The first-order chi connectivity index (χ1) is 29.4. The first-order valence-electron chi connectivity index (χ1n) is 19.9. The van der Waals surface area contributed by atoms with Crippen molar-refractivity contribution >= 4 is 22.0 Å². The lowest BCUT2D eigenvalue weighted by molar-refractivity contribution is -0.137. The number of alkyl halides is 3. The monoisotopic (exact) mass is 855 g/mol. The molecule has 8 rings (SSSR count). The molecule has 11 nitrogen and oxygen atoms in total. The van der Waals surface area contributed by atoms with Crippen LogP contribution in [-0.2, 0) is 40.6 Å². The third-order valence-electron chi connectivity index (χ3n) is 11.6. The Balaban J connectivity index is 1.05. The number of sulfonamides is 1. The van der Waals surface area contributed by atoms with Crippen LogP contribution in [0.25, 0.3) is 11.1 Å². The Morgan fingerprint density at radius 3 is 2.00 bits per heavy atom. The van der Waals surface area contributed by atoms with Crippen LogP contribution in [0.4, 0.5) is 18.0 Å². The second kappa shape index (κ2) is 17.3. The minimum absolute atomic E-state index is 0.00531. The molecule has 2 aliphatic heterocycles. The number of halogens is 3. The van der Waals surface area contributed by atoms with E-state index in [1.165, 1.54) is 4.90 Å². The number of fused-ring (bicyclic) bond motifs is 5. The van der Waals surface area contributed by atoms with Gasteiger partial charge < -0.3 is 29.2 Å². The van der Waals surface area contributed by atoms with Crippen LogP contribution < -0.4 is 14.8 Å². The van der Waals surface area contributed by atoms with Gasteiger partial charge in [0.2, 0.25) is 15.9 Å². The van der Waals surface area contributed by atoms with E-state index in [2.05, 4.69) is 10.0 Å². The molecule has 5 aromatic rings. The van der Waals surface area contributed by atoms with Crippen LogP contribution in [0.1, 0.15) is 40.2 Å². The van der Waals surface area contributed by atoms with E-state index in [-0.39, 0.29) is 51.8 Å². The summed E-state index contributed by atoms with van der Waals surface area (Å²) in [5.41, 5.74) is 3.76. The van der Waals surface area contributed by atoms with Gasteiger partial charge in [-0.25, -0.2) is 17.9 Å². The summed E-state index contributed by atoms with van der Waals surface area (Å²) >= 11 is 0. The summed E-state index contributed by atoms with van der Waals surface area (Å²) in [6, 6.07) is 32.9. The smallest absolute Gasteiger partial charge is 0.416 e. The fourth-order valence-corrected chi connectivity index (χ4v) is 9.89. The highest BCUT2D eigenvalue weighted by molar-refractivity contribution is 7.89. The Kier molecular flexibility index (Phi) is 11.9. The first-order valence-corrected chi connectivity index (χ1v) is 21.4. The number of carbonyl (C=O) groups excluding carboxylic acids is 2. The number of rotatable bonds is 13. The van der Waals surface area contributed by atoms with E-state index < -0.39 is 56.0 Å². The van der Waals surface area contributed by atoms with Gasteiger partial charge in [-0.2, -0.15) is 13.2 Å². The van der Waals surface area contributed by atoms with Crippen molar-refractivity contribution in [3.05, 3.63) is 149 Å². The number of ether oxygens (including phenoxy) is 4. The first kappa shape index (κ1) is 42.0. The largest absolute Gasteiger partial charge is 0.457 e. The zero-order valence-electron chi connectivity index (χ0n) is 33.2. The molecule has 0 bridgehead atoms. The number of amides is 2. The predicted octanol–water partition coefficient (Wildman–Crippen LogP) is 7.49. The fraction of sp³-hybridized carbons (Fsp3) is 0.304. The lowest BCUT2D eigenvalue weighted by Crippen LogP contribution is -2.56. The number of nitrogens with one attached hydrogen (secondary N) is 2. The van der Waals surface area contributed by atoms with E-state index in [0.29, 0.717) is 30.2 Å². The number of hydrogen-bond acceptors (Lipinski definition) is 8. The topological polar surface area (TPSA) is 132 Å². The van der Waals surface area contributed by atoms with Gasteiger partial charge in [0.1, 0.15) is 18.1 Å². The van der Waals surface area contributed by atoms with E-state index in [4.69, 9.17) is 18.9 Å². The number of piperidine rings is 1. The molecule has 1 aliphatic carbocycles. The van der Waals surface area contributed by atoms with Crippen molar-refractivity contribution in [2.24, 2.45) is 5.92 Å². The molecule has 2 heterocycles. The Morgan fingerprint density at radius 1 is 0.803 bits per heavy atom. The summed E-state index contributed by atoms with van der Waals surface area (Å²) in [4.78, 5) is 29.4. The third-order valence-corrected chi connectivity index (χ3v) is 13.1. The van der Waals surface area contributed by atoms with Gasteiger partial charge in [0, 0.05) is 49.8 Å². The van der Waals surface area contributed by atoms with Crippen LogP contribution in [0.5, 0.6) is 11.5 Å². The van der Waals surface area contributed by atoms with Crippen molar-refractivity contribution in [2.45, 2.75) is 34.9 Å². The van der Waals surface area contributed by atoms with Crippen molar-refractivity contribution < 1.29 is 50.1 Å². The van der Waals surface area contributed by atoms with Gasteiger partial charge in [0.15, 0.2) is 0 Å². The molecule has 0 spiro atoms. The number of likely N-dealkylation sites (tertiary alicyclic amines) is 1. The molecule has 0 unspecified atom stereocenters. The highest BCUT2D eigenvalue weighted by atomic mass is 32.2. The Labute approximate surface area is 351 Å². The predicted molar refractivity (Wildman–Crippen MR) is 220 cm³/mol. The molecule has 5 aromatic carbocycles. The van der Waals surface area contributed by atoms with Crippen LogP contribution in [0, 0.1) is 5.92 Å². The second-order valence-corrected chi connectivity index (χ2v) is 17.1. The normalized spacial score (nSPS) is 17.9. The van der Waals surface area contributed by atoms with E-state index in [9.17, 15) is 31.2 Å². The maximum absolute atomic E-state index is 14.4. The Hall–Kier alpha value is -5.74. The molecule has 318 valence electrons. The van der Waals surface area contributed by atoms with Crippen molar-refractivity contribution in [2.75, 3.05) is 53.2 Å². The zero-order valence-corrected chi connectivity index (χ0v) is 34.0. The molecule has 1 fully saturated rings. The Bertz CT molecular complexity index is 2430. The highest BCUT2D eigenvalue weighted by Crippen LogP contribution is 2.48. The van der Waals surface area contributed by atoms with Crippen LogP contribution >= 0.6 is 0 Å². The van der Waals surface area contributed by atoms with Gasteiger partial charge in [-0.1, -0.05) is 84.9 Å². The molecule has 15 heteroatoms. The Morgan fingerprint density at radius 2 is 1.39 bits per heavy atom. The number of hydrogen-bond donors (Lipinski definition) is 2. The maximum atomic E-state index is 14.4. The lowest BCUT2D eigenvalue weighted by atomic mass is 9.72. The fourth-order valence-electron chi connectivity index (χ4n) is 8.65. The number of nitrogens with zero attached hydrogens (tertiary/aromatic N) is 1. The average Bonchev–Trinajstić information content (AvgIpc) is 3.58. The van der Waals surface area contributed by atoms with Crippen molar-refractivity contribution in [1.82, 2.24) is 14.9 Å². The van der Waals surface area contributed by atoms with Crippen LogP contribution in [0.15, 0.2) is 126 Å². The summed E-state index contributed by atoms with van der Waals surface area (Å²) in [5.74, 6) is -0.425. The van der Waals surface area contributed by atoms with Gasteiger partial charge in [-0.3, -0.25) is 4.79 Å². The third kappa shape index (κ3) is 8.60. The van der Waals surface area contributed by atoms with Gasteiger partial charge in [-0.15, -0.1) is 0 Å². The lowest BCUT2D eigenvalue weighted by Gasteiger charge is -2.41. The highest BCUT2D eigenvalue weighted by Gasteiger charge is 2.44. The molecule has 0 saturated carbocycles. The molecule has 1 saturated heterocycles. The SMILES string of the molecule is COCCOCC1(CNC(=O)[C@H]2C[C@@H](NS(=O)(=O)c3ccc(C(F)(F)F)cc3)CN(C(=O)OCC3c4ccccc4-c4ccccc43)C2)c2ccccc2Oc2ccccc21. The van der Waals surface area contributed by atoms with E-state index in [1.807, 2.05) is 97.1 Å². The van der Waals surface area contributed by atoms with E-state index in [1.54, 1.807) is 7.11 Å². The van der Waals surface area contributed by atoms with Gasteiger partial charge >= 0.3 is 12.3 Å². The molecule has 3 aliphatic rings.